The van der Waals surface area contributed by atoms with Crippen LogP contribution in [0.2, 0.25) is 0 Å². The second-order valence-electron chi connectivity index (χ2n) is 7.69. The number of carbonyl (C=O) groups excluding carboxylic acids is 1. The fourth-order valence-corrected chi connectivity index (χ4v) is 3.84. The third-order valence-corrected chi connectivity index (χ3v) is 5.56. The Labute approximate surface area is 190 Å². The minimum absolute atomic E-state index is 0.0648. The van der Waals surface area contributed by atoms with Crippen LogP contribution < -0.4 is 20.8 Å². The number of pyridine rings is 1. The van der Waals surface area contributed by atoms with Gasteiger partial charge in [-0.2, -0.15) is 4.68 Å². The average Bonchev–Trinajstić information content (AvgIpc) is 3.27. The molecule has 0 unspecified atom stereocenters. The first kappa shape index (κ1) is 20.5. The molecule has 1 saturated heterocycles. The van der Waals surface area contributed by atoms with Gasteiger partial charge < -0.3 is 15.1 Å². The summed E-state index contributed by atoms with van der Waals surface area (Å²) in [5.74, 6) is 0.292. The maximum absolute atomic E-state index is 12.6. The van der Waals surface area contributed by atoms with Gasteiger partial charge in [0.15, 0.2) is 0 Å². The molecule has 0 radical (unpaired) electrons. The van der Waals surface area contributed by atoms with Crippen molar-refractivity contribution in [2.24, 2.45) is 0 Å². The molecule has 0 saturated carbocycles. The number of aromatic amines is 1. The van der Waals surface area contributed by atoms with Crippen molar-refractivity contribution < 1.29 is 4.79 Å². The van der Waals surface area contributed by atoms with Crippen LogP contribution in [0.3, 0.4) is 0 Å². The summed E-state index contributed by atoms with van der Waals surface area (Å²) in [4.78, 5) is 36.3. The quantitative estimate of drug-likeness (QED) is 0.494. The number of para-hydroxylation sites is 2. The molecule has 1 aliphatic heterocycles. The molecular formula is C24H23N7O2. The van der Waals surface area contributed by atoms with Crippen LogP contribution in [-0.2, 0) is 0 Å². The van der Waals surface area contributed by atoms with Crippen LogP contribution in [0.4, 0.5) is 17.2 Å². The van der Waals surface area contributed by atoms with Crippen molar-refractivity contribution in [3.8, 4) is 5.69 Å². The predicted molar refractivity (Wildman–Crippen MR) is 127 cm³/mol. The summed E-state index contributed by atoms with van der Waals surface area (Å²) in [6.07, 6.45) is 1.61. The van der Waals surface area contributed by atoms with Gasteiger partial charge in [-0.15, -0.1) is 5.10 Å². The van der Waals surface area contributed by atoms with E-state index < -0.39 is 11.6 Å². The van der Waals surface area contributed by atoms with Crippen molar-refractivity contribution in [2.75, 3.05) is 41.3 Å². The maximum Gasteiger partial charge on any atom is 0.348 e. The molecule has 1 aliphatic rings. The summed E-state index contributed by atoms with van der Waals surface area (Å²) in [6.45, 7) is 3.57. The standard InChI is InChI=1S/C24H23N7O2/c32-23(22-27-24(33)31(28-22)20-9-5-2-6-10-20)26-18-11-12-21(25-17-18)30-15-13-29(14-16-30)19-7-3-1-4-8-19/h1-12,17H,13-16H2,(H,26,32)(H,27,28,33). The minimum Gasteiger partial charge on any atom is -0.368 e. The van der Waals surface area contributed by atoms with Gasteiger partial charge in [-0.1, -0.05) is 36.4 Å². The first-order chi connectivity index (χ1) is 16.2. The van der Waals surface area contributed by atoms with Crippen LogP contribution in [0.15, 0.2) is 83.8 Å². The molecule has 3 heterocycles. The topological polar surface area (TPSA) is 99.2 Å². The zero-order valence-electron chi connectivity index (χ0n) is 17.9. The number of rotatable bonds is 5. The SMILES string of the molecule is O=C(Nc1ccc(N2CCN(c3ccccc3)CC2)nc1)c1nn(-c2ccccc2)c(=O)[nH]1. The van der Waals surface area contributed by atoms with Crippen LogP contribution in [-0.4, -0.2) is 51.8 Å². The smallest absolute Gasteiger partial charge is 0.348 e. The first-order valence-corrected chi connectivity index (χ1v) is 10.7. The number of aromatic nitrogens is 4. The average molecular weight is 441 g/mol. The normalized spacial score (nSPS) is 13.7. The van der Waals surface area contributed by atoms with E-state index in [0.717, 1.165) is 36.7 Å². The van der Waals surface area contributed by atoms with E-state index in [9.17, 15) is 9.59 Å². The van der Waals surface area contributed by atoms with E-state index in [-0.39, 0.29) is 5.82 Å². The van der Waals surface area contributed by atoms with Gasteiger partial charge in [0.05, 0.1) is 17.6 Å². The lowest BCUT2D eigenvalue weighted by molar-refractivity contribution is 0.101. The van der Waals surface area contributed by atoms with Crippen molar-refractivity contribution in [3.63, 3.8) is 0 Å². The Morgan fingerprint density at radius 1 is 0.818 bits per heavy atom. The number of carbonyl (C=O) groups is 1. The predicted octanol–water partition coefficient (Wildman–Crippen LogP) is 2.53. The Balaban J connectivity index is 1.21. The summed E-state index contributed by atoms with van der Waals surface area (Å²) >= 11 is 0. The zero-order valence-corrected chi connectivity index (χ0v) is 17.9. The molecule has 2 aromatic heterocycles. The minimum atomic E-state index is -0.507. The lowest BCUT2D eigenvalue weighted by Gasteiger charge is -2.36. The van der Waals surface area contributed by atoms with Gasteiger partial charge in [-0.3, -0.25) is 9.78 Å². The summed E-state index contributed by atoms with van der Waals surface area (Å²) in [7, 11) is 0. The number of hydrogen-bond acceptors (Lipinski definition) is 6. The van der Waals surface area contributed by atoms with Crippen LogP contribution in [0.5, 0.6) is 0 Å². The van der Waals surface area contributed by atoms with E-state index in [4.69, 9.17) is 0 Å². The van der Waals surface area contributed by atoms with E-state index in [0.29, 0.717) is 11.4 Å². The molecule has 166 valence electrons. The molecule has 9 nitrogen and oxygen atoms in total. The molecule has 0 atom stereocenters. The highest BCUT2D eigenvalue weighted by Crippen LogP contribution is 2.20. The Kier molecular flexibility index (Phi) is 5.59. The molecule has 5 rings (SSSR count). The van der Waals surface area contributed by atoms with Crippen molar-refractivity contribution in [1.82, 2.24) is 19.7 Å². The highest BCUT2D eigenvalue weighted by Gasteiger charge is 2.19. The van der Waals surface area contributed by atoms with Crippen molar-refractivity contribution in [1.29, 1.82) is 0 Å². The second-order valence-corrected chi connectivity index (χ2v) is 7.69. The highest BCUT2D eigenvalue weighted by molar-refractivity contribution is 6.01. The van der Waals surface area contributed by atoms with Crippen LogP contribution in [0, 0.1) is 0 Å². The van der Waals surface area contributed by atoms with Crippen molar-refractivity contribution in [2.45, 2.75) is 0 Å². The fourth-order valence-electron chi connectivity index (χ4n) is 3.84. The number of amides is 1. The Morgan fingerprint density at radius 3 is 2.09 bits per heavy atom. The molecule has 1 fully saturated rings. The third-order valence-electron chi connectivity index (χ3n) is 5.56. The van der Waals surface area contributed by atoms with Crippen molar-refractivity contribution in [3.05, 3.63) is 95.3 Å². The lowest BCUT2D eigenvalue weighted by Crippen LogP contribution is -2.46. The van der Waals surface area contributed by atoms with Gasteiger partial charge in [0.2, 0.25) is 5.82 Å². The van der Waals surface area contributed by atoms with E-state index in [1.807, 2.05) is 18.2 Å². The Bertz CT molecular complexity index is 1280. The number of nitrogens with one attached hydrogen (secondary N) is 2. The number of H-pyrrole nitrogens is 1. The maximum atomic E-state index is 12.6. The zero-order chi connectivity index (χ0) is 22.6. The van der Waals surface area contributed by atoms with Crippen LogP contribution >= 0.6 is 0 Å². The van der Waals surface area contributed by atoms with Gasteiger partial charge in [0.1, 0.15) is 5.82 Å². The second kappa shape index (κ2) is 8.99. The number of nitrogens with zero attached hydrogens (tertiary/aromatic N) is 5. The number of benzene rings is 2. The largest absolute Gasteiger partial charge is 0.368 e. The van der Waals surface area contributed by atoms with Crippen molar-refractivity contribution >= 4 is 23.1 Å². The molecule has 2 N–H and O–H groups in total. The lowest BCUT2D eigenvalue weighted by atomic mass is 10.2. The number of anilines is 3. The molecule has 0 bridgehead atoms. The monoisotopic (exact) mass is 441 g/mol. The fraction of sp³-hybridized carbons (Fsp3) is 0.167. The number of piperazine rings is 1. The van der Waals surface area contributed by atoms with Gasteiger partial charge in [-0.05, 0) is 36.4 Å². The van der Waals surface area contributed by atoms with Crippen LogP contribution in [0.25, 0.3) is 5.69 Å². The number of hydrogen-bond donors (Lipinski definition) is 2. The Hall–Kier alpha value is -4.40. The molecule has 0 aliphatic carbocycles. The molecular weight excluding hydrogens is 418 g/mol. The summed E-state index contributed by atoms with van der Waals surface area (Å²) in [5.41, 5.74) is 1.86. The van der Waals surface area contributed by atoms with Gasteiger partial charge in [0, 0.05) is 31.9 Å². The first-order valence-electron chi connectivity index (χ1n) is 10.7. The summed E-state index contributed by atoms with van der Waals surface area (Å²) in [6, 6.07) is 23.0. The summed E-state index contributed by atoms with van der Waals surface area (Å²) in [5, 5.41) is 6.84. The van der Waals surface area contributed by atoms with Crippen LogP contribution in [0.1, 0.15) is 10.6 Å². The van der Waals surface area contributed by atoms with Gasteiger partial charge >= 0.3 is 5.69 Å². The van der Waals surface area contributed by atoms with Gasteiger partial charge in [-0.25, -0.2) is 9.78 Å². The molecule has 1 amide bonds. The third kappa shape index (κ3) is 4.47. The van der Waals surface area contributed by atoms with E-state index >= 15 is 0 Å². The molecule has 0 spiro atoms. The van der Waals surface area contributed by atoms with E-state index in [1.165, 1.54) is 5.69 Å². The summed E-state index contributed by atoms with van der Waals surface area (Å²) < 4.78 is 1.16. The van der Waals surface area contributed by atoms with E-state index in [1.54, 1.807) is 36.5 Å². The Morgan fingerprint density at radius 2 is 1.45 bits per heavy atom. The molecule has 4 aromatic rings. The molecule has 9 heteroatoms. The van der Waals surface area contributed by atoms with E-state index in [2.05, 4.69) is 54.4 Å². The molecule has 2 aromatic carbocycles. The molecule has 33 heavy (non-hydrogen) atoms. The highest BCUT2D eigenvalue weighted by atomic mass is 16.2. The van der Waals surface area contributed by atoms with Gasteiger partial charge in [0.25, 0.3) is 5.91 Å².